The quantitative estimate of drug-likeness (QED) is 0.0445. The lowest BCUT2D eigenvalue weighted by molar-refractivity contribution is -0.141. The summed E-state index contributed by atoms with van der Waals surface area (Å²) in [5.74, 6) is 0.131. The molecule has 0 N–H and O–H groups in total. The summed E-state index contributed by atoms with van der Waals surface area (Å²) in [5, 5.41) is 15.2. The van der Waals surface area contributed by atoms with Gasteiger partial charge in [0, 0.05) is 11.1 Å². The number of hydrogen-bond acceptors (Lipinski definition) is 4. The fourth-order valence-corrected chi connectivity index (χ4v) is 12.2. The van der Waals surface area contributed by atoms with E-state index in [4.69, 9.17) is 9.47 Å². The first kappa shape index (κ1) is 48.0. The molecular weight excluding hydrogens is 893 g/mol. The second kappa shape index (κ2) is 18.3. The molecule has 0 saturated carbocycles. The zero-order valence-electron chi connectivity index (χ0n) is 43.9. The van der Waals surface area contributed by atoms with Crippen LogP contribution in [-0.4, -0.2) is 25.2 Å². The predicted octanol–water partition coefficient (Wildman–Crippen LogP) is 18.0. The van der Waals surface area contributed by atoms with E-state index in [1.54, 1.807) is 13.8 Å². The van der Waals surface area contributed by atoms with Crippen molar-refractivity contribution in [3.63, 3.8) is 0 Å². The van der Waals surface area contributed by atoms with Crippen molar-refractivity contribution in [1.82, 2.24) is 0 Å². The van der Waals surface area contributed by atoms with Gasteiger partial charge in [-0.3, -0.25) is 0 Å². The van der Waals surface area contributed by atoms with Crippen LogP contribution in [0.3, 0.4) is 0 Å². The molecule has 1 aliphatic rings. The van der Waals surface area contributed by atoms with Crippen molar-refractivity contribution in [3.8, 4) is 33.4 Å². The first-order valence-corrected chi connectivity index (χ1v) is 26.4. The first-order valence-electron chi connectivity index (χ1n) is 26.4. The predicted molar refractivity (Wildman–Crippen MR) is 307 cm³/mol. The third-order valence-electron chi connectivity index (χ3n) is 16.0. The van der Waals surface area contributed by atoms with E-state index >= 15 is 0 Å². The Hall–Kier alpha value is -7.30. The van der Waals surface area contributed by atoms with Gasteiger partial charge in [-0.15, -0.1) is 0 Å². The monoisotopic (exact) mass is 958 g/mol. The minimum atomic E-state index is -0.688. The van der Waals surface area contributed by atoms with Crippen LogP contribution in [0.25, 0.3) is 98.0 Å². The highest BCUT2D eigenvalue weighted by atomic mass is 16.5. The lowest BCUT2D eigenvalue weighted by Gasteiger charge is -2.33. The zero-order valence-corrected chi connectivity index (χ0v) is 43.9. The number of fused-ring (bicyclic) bond motifs is 3. The van der Waals surface area contributed by atoms with Gasteiger partial charge in [0.1, 0.15) is 6.61 Å². The minimum absolute atomic E-state index is 0.0282. The van der Waals surface area contributed by atoms with Crippen LogP contribution < -0.4 is 0 Å². The minimum Gasteiger partial charge on any atom is -0.462 e. The number of hydrogen-bond donors (Lipinski definition) is 0. The summed E-state index contributed by atoms with van der Waals surface area (Å²) in [7, 11) is 0. The summed E-state index contributed by atoms with van der Waals surface area (Å²) in [6.07, 6.45) is 4.28. The summed E-state index contributed by atoms with van der Waals surface area (Å²) in [5.41, 5.74) is 12.1. The number of carbonyl (C=O) groups excluding carboxylic acids is 2. The molecule has 0 amide bonds. The second-order valence-corrected chi connectivity index (χ2v) is 23.0. The van der Waals surface area contributed by atoms with E-state index < -0.39 is 11.4 Å². The van der Waals surface area contributed by atoms with Crippen molar-refractivity contribution in [3.05, 3.63) is 180 Å². The summed E-state index contributed by atoms with van der Waals surface area (Å²) in [4.78, 5) is 25.9. The Kier molecular flexibility index (Phi) is 12.0. The SMILES string of the molecule is C=C(C)C(=O)OCCCC(C)CCC1(COC(=O)C(=C)C)c2cc(-c3ccc4ccc5cc(CC(C)C)cc6ccc3c4c56)ccc2-c2ccc(-c3ccc4ccc5cc(C(C)(C)C)cc6ccc3c4c56)cc21. The normalized spacial score (nSPS) is 15.0. The average Bonchev–Trinajstić information content (AvgIpc) is 3.64. The van der Waals surface area contributed by atoms with E-state index in [1.807, 2.05) is 0 Å². The van der Waals surface area contributed by atoms with Crippen molar-refractivity contribution in [2.24, 2.45) is 11.8 Å². The van der Waals surface area contributed by atoms with Crippen molar-refractivity contribution >= 4 is 76.6 Å². The van der Waals surface area contributed by atoms with Crippen LogP contribution in [-0.2, 0) is 36.3 Å². The van der Waals surface area contributed by atoms with E-state index in [0.29, 0.717) is 29.6 Å². The molecule has 2 atom stereocenters. The molecular formula is C69H66O4. The van der Waals surface area contributed by atoms with E-state index in [2.05, 4.69) is 188 Å². The number of esters is 2. The Morgan fingerprint density at radius 3 is 1.48 bits per heavy atom. The lowest BCUT2D eigenvalue weighted by atomic mass is 9.72. The molecule has 0 aromatic heterocycles. The van der Waals surface area contributed by atoms with Crippen LogP contribution in [0.2, 0.25) is 0 Å². The maximum atomic E-state index is 13.7. The van der Waals surface area contributed by atoms with Gasteiger partial charge in [0.05, 0.1) is 12.0 Å². The number of ether oxygens (including phenoxy) is 2. The molecule has 73 heavy (non-hydrogen) atoms. The Balaban J connectivity index is 1.07. The van der Waals surface area contributed by atoms with Gasteiger partial charge in [-0.2, -0.15) is 0 Å². The van der Waals surface area contributed by atoms with Gasteiger partial charge in [0.25, 0.3) is 0 Å². The molecule has 2 unspecified atom stereocenters. The molecule has 0 heterocycles. The molecule has 0 bridgehead atoms. The molecule has 0 spiro atoms. The van der Waals surface area contributed by atoms with Crippen molar-refractivity contribution in [2.75, 3.05) is 13.2 Å². The Morgan fingerprint density at radius 1 is 0.534 bits per heavy atom. The first-order chi connectivity index (χ1) is 35.0. The standard InChI is InChI=1S/C69H66O4/c1-40(2)32-44-33-49-15-13-45-17-23-54(58-27-21-50(34-44)62(49)64(45)58)47-19-25-56-57-26-20-48(55-24-18-46-14-16-51-35-53(68(8,9)10)36-52-22-28-59(55)65(46)63(51)52)38-61(57)69(60(56)37-47,39-73-67(71)42(5)6)30-29-43(7)12-11-31-72-66(70)41(3)4/h13-28,33-38,40,43H,3,5,11-12,29-32,39H2,1-2,4,6-10H3. The van der Waals surface area contributed by atoms with Gasteiger partial charge in [0.15, 0.2) is 0 Å². The number of rotatable bonds is 15. The van der Waals surface area contributed by atoms with Crippen LogP contribution in [0.5, 0.6) is 0 Å². The summed E-state index contributed by atoms with van der Waals surface area (Å²) in [6, 6.07) is 51.0. The second-order valence-electron chi connectivity index (χ2n) is 23.0. The summed E-state index contributed by atoms with van der Waals surface area (Å²) < 4.78 is 11.9. The van der Waals surface area contributed by atoms with Crippen LogP contribution in [0.1, 0.15) is 103 Å². The zero-order chi connectivity index (χ0) is 51.1. The maximum Gasteiger partial charge on any atom is 0.333 e. The topological polar surface area (TPSA) is 52.6 Å². The summed E-state index contributed by atoms with van der Waals surface area (Å²) >= 11 is 0. The van der Waals surface area contributed by atoms with Crippen LogP contribution in [0.15, 0.2) is 158 Å². The highest BCUT2D eigenvalue weighted by Gasteiger charge is 2.45. The number of benzene rings is 10. The number of carbonyl (C=O) groups is 2. The van der Waals surface area contributed by atoms with E-state index in [9.17, 15) is 9.59 Å². The lowest BCUT2D eigenvalue weighted by Crippen LogP contribution is -2.33. The molecule has 0 saturated heterocycles. The van der Waals surface area contributed by atoms with Gasteiger partial charge in [-0.25, -0.2) is 9.59 Å². The van der Waals surface area contributed by atoms with Gasteiger partial charge < -0.3 is 9.47 Å². The van der Waals surface area contributed by atoms with E-state index in [1.165, 1.54) is 98.0 Å². The van der Waals surface area contributed by atoms with Crippen LogP contribution in [0, 0.1) is 11.8 Å². The summed E-state index contributed by atoms with van der Waals surface area (Å²) in [6.45, 7) is 25.4. The van der Waals surface area contributed by atoms with E-state index in [0.717, 1.165) is 54.4 Å². The van der Waals surface area contributed by atoms with Gasteiger partial charge in [0.2, 0.25) is 0 Å². The van der Waals surface area contributed by atoms with Crippen molar-refractivity contribution in [1.29, 1.82) is 0 Å². The highest BCUT2D eigenvalue weighted by molar-refractivity contribution is 6.27. The Labute approximate surface area is 430 Å². The Morgan fingerprint density at radius 2 is 0.986 bits per heavy atom. The molecule has 11 rings (SSSR count). The fourth-order valence-electron chi connectivity index (χ4n) is 12.2. The van der Waals surface area contributed by atoms with Gasteiger partial charge in [-0.05, 0) is 196 Å². The molecule has 0 fully saturated rings. The molecule has 4 nitrogen and oxygen atoms in total. The third kappa shape index (κ3) is 8.43. The smallest absolute Gasteiger partial charge is 0.333 e. The molecule has 366 valence electrons. The van der Waals surface area contributed by atoms with Crippen LogP contribution >= 0.6 is 0 Å². The van der Waals surface area contributed by atoms with Crippen molar-refractivity contribution < 1.29 is 19.1 Å². The average molecular weight is 959 g/mol. The molecule has 10 aromatic carbocycles. The fraction of sp³-hybridized carbons (Fsp3) is 0.275. The largest absolute Gasteiger partial charge is 0.462 e. The van der Waals surface area contributed by atoms with Crippen LogP contribution in [0.4, 0.5) is 0 Å². The molecule has 0 radical (unpaired) electrons. The van der Waals surface area contributed by atoms with Gasteiger partial charge in [-0.1, -0.05) is 176 Å². The van der Waals surface area contributed by atoms with Crippen molar-refractivity contribution in [2.45, 2.75) is 98.3 Å². The molecule has 1 aliphatic carbocycles. The third-order valence-corrected chi connectivity index (χ3v) is 16.0. The van der Waals surface area contributed by atoms with Gasteiger partial charge >= 0.3 is 11.9 Å². The highest BCUT2D eigenvalue weighted by Crippen LogP contribution is 2.55. The molecule has 10 aromatic rings. The Bertz CT molecular complexity index is 3820. The maximum absolute atomic E-state index is 13.7. The molecule has 4 heteroatoms. The van der Waals surface area contributed by atoms with E-state index in [-0.39, 0.29) is 18.0 Å². The molecule has 0 aliphatic heterocycles.